The van der Waals surface area contributed by atoms with Crippen molar-refractivity contribution in [1.82, 2.24) is 10.2 Å². The van der Waals surface area contributed by atoms with Crippen LogP contribution >= 0.6 is 23.1 Å². The van der Waals surface area contributed by atoms with E-state index in [1.54, 1.807) is 0 Å². The fraction of sp³-hybridized carbons (Fsp3) is 0.400. The van der Waals surface area contributed by atoms with Crippen LogP contribution in [0.25, 0.3) is 0 Å². The summed E-state index contributed by atoms with van der Waals surface area (Å²) in [5.74, 6) is 0.847. The quantitative estimate of drug-likeness (QED) is 0.708. The molecule has 0 aliphatic rings. The second kappa shape index (κ2) is 8.73. The van der Waals surface area contributed by atoms with Crippen molar-refractivity contribution in [3.05, 3.63) is 24.3 Å². The third-order valence-electron chi connectivity index (χ3n) is 2.61. The molecule has 0 spiro atoms. The summed E-state index contributed by atoms with van der Waals surface area (Å²) >= 11 is 2.81. The van der Waals surface area contributed by atoms with E-state index >= 15 is 0 Å². The number of hydrogen-bond donors (Lipinski definition) is 2. The van der Waals surface area contributed by atoms with Crippen LogP contribution in [0, 0.1) is 0 Å². The molecule has 0 radical (unpaired) electrons. The fourth-order valence-corrected chi connectivity index (χ4v) is 3.44. The molecule has 0 atom stereocenters. The summed E-state index contributed by atoms with van der Waals surface area (Å²) in [6.45, 7) is 6.54. The summed E-state index contributed by atoms with van der Waals surface area (Å²) in [6, 6.07) is 7.70. The van der Waals surface area contributed by atoms with Gasteiger partial charge in [0.05, 0.1) is 18.0 Å². The zero-order valence-electron chi connectivity index (χ0n) is 13.3. The highest BCUT2D eigenvalue weighted by Gasteiger charge is 2.11. The Morgan fingerprint density at radius 1 is 1.35 bits per heavy atom. The molecule has 2 rings (SSSR count). The lowest BCUT2D eigenvalue weighted by Crippen LogP contribution is -2.14. The third-order valence-corrected chi connectivity index (χ3v) is 4.59. The van der Waals surface area contributed by atoms with Crippen LogP contribution in [0.3, 0.4) is 0 Å². The third kappa shape index (κ3) is 5.72. The van der Waals surface area contributed by atoms with Gasteiger partial charge in [-0.25, -0.2) is 0 Å². The number of rotatable bonds is 8. The highest BCUT2D eigenvalue weighted by atomic mass is 32.2. The standard InChI is InChI=1S/C15H20N4O2S2/c1-4-21-12-8-6-5-7-11(12)17-13(20)9-22-15-19-18-14(23-15)16-10(2)3/h5-8,10H,4,9H2,1-3H3,(H,16,18)(H,17,20). The number of aromatic nitrogens is 2. The fourth-order valence-electron chi connectivity index (χ4n) is 1.74. The number of ether oxygens (including phenoxy) is 1. The van der Waals surface area contributed by atoms with Crippen molar-refractivity contribution in [2.75, 3.05) is 23.0 Å². The molecule has 124 valence electrons. The van der Waals surface area contributed by atoms with Crippen LogP contribution in [0.4, 0.5) is 10.8 Å². The van der Waals surface area contributed by atoms with E-state index < -0.39 is 0 Å². The van der Waals surface area contributed by atoms with Crippen molar-refractivity contribution in [1.29, 1.82) is 0 Å². The molecule has 1 aromatic carbocycles. The Kier molecular flexibility index (Phi) is 6.66. The summed E-state index contributed by atoms with van der Waals surface area (Å²) in [4.78, 5) is 12.1. The first-order chi connectivity index (χ1) is 11.1. The molecule has 0 bridgehead atoms. The summed E-state index contributed by atoms with van der Waals surface area (Å²) in [6.07, 6.45) is 0. The molecule has 1 aromatic heterocycles. The minimum atomic E-state index is -0.101. The van der Waals surface area contributed by atoms with E-state index in [0.29, 0.717) is 24.1 Å². The molecule has 2 N–H and O–H groups in total. The number of para-hydroxylation sites is 2. The molecular weight excluding hydrogens is 332 g/mol. The molecule has 0 saturated carbocycles. The average Bonchev–Trinajstić information content (AvgIpc) is 2.94. The lowest BCUT2D eigenvalue weighted by molar-refractivity contribution is -0.113. The maximum atomic E-state index is 12.1. The lowest BCUT2D eigenvalue weighted by Gasteiger charge is -2.10. The van der Waals surface area contributed by atoms with Gasteiger partial charge < -0.3 is 15.4 Å². The Balaban J connectivity index is 1.87. The topological polar surface area (TPSA) is 76.1 Å². The van der Waals surface area contributed by atoms with E-state index in [1.165, 1.54) is 23.1 Å². The van der Waals surface area contributed by atoms with Gasteiger partial charge in [0, 0.05) is 6.04 Å². The van der Waals surface area contributed by atoms with Crippen molar-refractivity contribution in [2.24, 2.45) is 0 Å². The van der Waals surface area contributed by atoms with E-state index in [-0.39, 0.29) is 11.7 Å². The van der Waals surface area contributed by atoms with Gasteiger partial charge in [0.25, 0.3) is 0 Å². The van der Waals surface area contributed by atoms with Crippen LogP contribution in [-0.2, 0) is 4.79 Å². The minimum Gasteiger partial charge on any atom is -0.492 e. The number of carbonyl (C=O) groups is 1. The number of hydrogen-bond acceptors (Lipinski definition) is 7. The first kappa shape index (κ1) is 17.6. The van der Waals surface area contributed by atoms with E-state index in [4.69, 9.17) is 4.74 Å². The van der Waals surface area contributed by atoms with Crippen molar-refractivity contribution in [3.63, 3.8) is 0 Å². The molecule has 8 heteroatoms. The Hall–Kier alpha value is -1.80. The van der Waals surface area contributed by atoms with Crippen LogP contribution in [0.1, 0.15) is 20.8 Å². The normalized spacial score (nSPS) is 10.6. The van der Waals surface area contributed by atoms with Crippen LogP contribution in [0.5, 0.6) is 5.75 Å². The minimum absolute atomic E-state index is 0.101. The molecule has 0 fully saturated rings. The second-order valence-corrected chi connectivity index (χ2v) is 7.14. The van der Waals surface area contributed by atoms with E-state index in [2.05, 4.69) is 20.8 Å². The van der Waals surface area contributed by atoms with Gasteiger partial charge >= 0.3 is 0 Å². The number of benzene rings is 1. The maximum Gasteiger partial charge on any atom is 0.234 e. The SMILES string of the molecule is CCOc1ccccc1NC(=O)CSc1nnc(NC(C)C)s1. The number of amides is 1. The van der Waals surface area contributed by atoms with Crippen LogP contribution in [-0.4, -0.2) is 34.5 Å². The molecule has 0 unspecified atom stereocenters. The van der Waals surface area contributed by atoms with Crippen molar-refractivity contribution >= 4 is 39.8 Å². The maximum absolute atomic E-state index is 12.1. The van der Waals surface area contributed by atoms with E-state index in [9.17, 15) is 4.79 Å². The summed E-state index contributed by atoms with van der Waals surface area (Å²) in [5, 5.41) is 14.9. The van der Waals surface area contributed by atoms with Gasteiger partial charge in [-0.3, -0.25) is 4.79 Å². The predicted octanol–water partition coefficient (Wildman–Crippen LogP) is 3.49. The molecule has 1 amide bonds. The van der Waals surface area contributed by atoms with Gasteiger partial charge in [0.15, 0.2) is 4.34 Å². The second-order valence-electron chi connectivity index (χ2n) is 4.94. The summed E-state index contributed by atoms with van der Waals surface area (Å²) in [7, 11) is 0. The molecular formula is C15H20N4O2S2. The zero-order valence-corrected chi connectivity index (χ0v) is 15.0. The van der Waals surface area contributed by atoms with E-state index in [1.807, 2.05) is 45.0 Å². The van der Waals surface area contributed by atoms with Gasteiger partial charge in [0.2, 0.25) is 11.0 Å². The van der Waals surface area contributed by atoms with Crippen LogP contribution in [0.15, 0.2) is 28.6 Å². The summed E-state index contributed by atoms with van der Waals surface area (Å²) < 4.78 is 6.26. The van der Waals surface area contributed by atoms with Gasteiger partial charge in [-0.1, -0.05) is 35.2 Å². The lowest BCUT2D eigenvalue weighted by atomic mass is 10.3. The predicted molar refractivity (Wildman–Crippen MR) is 95.6 cm³/mol. The van der Waals surface area contributed by atoms with Crippen molar-refractivity contribution in [2.45, 2.75) is 31.2 Å². The highest BCUT2D eigenvalue weighted by Crippen LogP contribution is 2.27. The highest BCUT2D eigenvalue weighted by molar-refractivity contribution is 8.01. The summed E-state index contributed by atoms with van der Waals surface area (Å²) in [5.41, 5.74) is 0.680. The molecule has 0 aliphatic carbocycles. The smallest absolute Gasteiger partial charge is 0.234 e. The van der Waals surface area contributed by atoms with E-state index in [0.717, 1.165) is 9.47 Å². The molecule has 6 nitrogen and oxygen atoms in total. The zero-order chi connectivity index (χ0) is 16.7. The Labute approximate surface area is 144 Å². The van der Waals surface area contributed by atoms with Crippen molar-refractivity contribution < 1.29 is 9.53 Å². The van der Waals surface area contributed by atoms with Crippen molar-refractivity contribution in [3.8, 4) is 5.75 Å². The Morgan fingerprint density at radius 2 is 2.13 bits per heavy atom. The molecule has 1 heterocycles. The van der Waals surface area contributed by atoms with Gasteiger partial charge in [0.1, 0.15) is 5.75 Å². The molecule has 2 aromatic rings. The van der Waals surface area contributed by atoms with Gasteiger partial charge in [-0.15, -0.1) is 10.2 Å². The monoisotopic (exact) mass is 352 g/mol. The number of carbonyl (C=O) groups excluding carboxylic acids is 1. The number of nitrogens with zero attached hydrogens (tertiary/aromatic N) is 2. The van der Waals surface area contributed by atoms with Crippen LogP contribution in [0.2, 0.25) is 0 Å². The average molecular weight is 352 g/mol. The number of thioether (sulfide) groups is 1. The van der Waals surface area contributed by atoms with Crippen LogP contribution < -0.4 is 15.4 Å². The molecule has 0 aliphatic heterocycles. The number of nitrogens with one attached hydrogen (secondary N) is 2. The first-order valence-corrected chi connectivity index (χ1v) is 9.13. The van der Waals surface area contributed by atoms with Gasteiger partial charge in [-0.05, 0) is 32.9 Å². The molecule has 0 saturated heterocycles. The first-order valence-electron chi connectivity index (χ1n) is 7.33. The largest absolute Gasteiger partial charge is 0.492 e. The van der Waals surface area contributed by atoms with Gasteiger partial charge in [-0.2, -0.15) is 0 Å². The number of anilines is 2. The Bertz CT molecular complexity index is 646. The molecule has 23 heavy (non-hydrogen) atoms. The Morgan fingerprint density at radius 3 is 2.87 bits per heavy atom.